The standard InChI is InChI=1S/C14H24N4O/c1-3-7-15-10-12-6-5-8-18(12)13-9-14(19-4-2)17-11-16-13/h9,11-12,15H,3-8,10H2,1-2H3. The van der Waals surface area contributed by atoms with Crippen molar-refractivity contribution in [2.24, 2.45) is 0 Å². The molecule has 1 unspecified atom stereocenters. The van der Waals surface area contributed by atoms with Gasteiger partial charge < -0.3 is 15.0 Å². The smallest absolute Gasteiger partial charge is 0.218 e. The van der Waals surface area contributed by atoms with Crippen LogP contribution < -0.4 is 15.0 Å². The normalized spacial score (nSPS) is 18.8. The van der Waals surface area contributed by atoms with Crippen molar-refractivity contribution < 1.29 is 4.74 Å². The third-order valence-corrected chi connectivity index (χ3v) is 3.40. The van der Waals surface area contributed by atoms with Gasteiger partial charge in [-0.3, -0.25) is 0 Å². The summed E-state index contributed by atoms with van der Waals surface area (Å²) in [6.07, 6.45) is 5.22. The maximum absolute atomic E-state index is 5.45. The minimum Gasteiger partial charge on any atom is -0.478 e. The molecule has 1 saturated heterocycles. The quantitative estimate of drug-likeness (QED) is 0.762. The zero-order chi connectivity index (χ0) is 13.5. The lowest BCUT2D eigenvalue weighted by molar-refractivity contribution is 0.326. The van der Waals surface area contributed by atoms with E-state index >= 15 is 0 Å². The Morgan fingerprint density at radius 3 is 3.11 bits per heavy atom. The number of hydrogen-bond donors (Lipinski definition) is 1. The Labute approximate surface area is 115 Å². The van der Waals surface area contributed by atoms with Gasteiger partial charge in [0.1, 0.15) is 12.1 Å². The summed E-state index contributed by atoms with van der Waals surface area (Å²) < 4.78 is 5.45. The second-order valence-electron chi connectivity index (χ2n) is 4.84. The van der Waals surface area contributed by atoms with E-state index in [-0.39, 0.29) is 0 Å². The summed E-state index contributed by atoms with van der Waals surface area (Å²) in [5.41, 5.74) is 0. The second kappa shape index (κ2) is 7.28. The van der Waals surface area contributed by atoms with Crippen molar-refractivity contribution in [2.45, 2.75) is 39.2 Å². The zero-order valence-corrected chi connectivity index (χ0v) is 11.9. The van der Waals surface area contributed by atoms with Gasteiger partial charge >= 0.3 is 0 Å². The molecule has 0 aliphatic carbocycles. The van der Waals surface area contributed by atoms with Gasteiger partial charge in [0.05, 0.1) is 6.61 Å². The number of rotatable bonds is 7. The highest BCUT2D eigenvalue weighted by Gasteiger charge is 2.25. The van der Waals surface area contributed by atoms with Crippen molar-refractivity contribution >= 4 is 5.82 Å². The molecular weight excluding hydrogens is 240 g/mol. The van der Waals surface area contributed by atoms with E-state index in [0.29, 0.717) is 18.5 Å². The van der Waals surface area contributed by atoms with Gasteiger partial charge in [-0.25, -0.2) is 9.97 Å². The molecule has 0 saturated carbocycles. The van der Waals surface area contributed by atoms with Crippen LogP contribution in [0.1, 0.15) is 33.1 Å². The minimum absolute atomic E-state index is 0.538. The number of nitrogens with one attached hydrogen (secondary N) is 1. The van der Waals surface area contributed by atoms with Crippen molar-refractivity contribution in [3.05, 3.63) is 12.4 Å². The molecule has 0 aromatic carbocycles. The van der Waals surface area contributed by atoms with Crippen LogP contribution in [0, 0.1) is 0 Å². The van der Waals surface area contributed by atoms with E-state index in [9.17, 15) is 0 Å². The predicted molar refractivity (Wildman–Crippen MR) is 76.7 cm³/mol. The van der Waals surface area contributed by atoms with Crippen LogP contribution in [0.15, 0.2) is 12.4 Å². The van der Waals surface area contributed by atoms with E-state index in [2.05, 4.69) is 27.1 Å². The number of hydrogen-bond acceptors (Lipinski definition) is 5. The molecule has 19 heavy (non-hydrogen) atoms. The molecule has 0 amide bonds. The minimum atomic E-state index is 0.538. The molecule has 0 radical (unpaired) electrons. The molecular formula is C14H24N4O. The first-order chi connectivity index (χ1) is 9.35. The summed E-state index contributed by atoms with van der Waals surface area (Å²) >= 11 is 0. The molecule has 2 heterocycles. The van der Waals surface area contributed by atoms with Crippen molar-refractivity contribution in [3.63, 3.8) is 0 Å². The van der Waals surface area contributed by atoms with Gasteiger partial charge in [-0.2, -0.15) is 0 Å². The van der Waals surface area contributed by atoms with Crippen LogP contribution in [-0.2, 0) is 0 Å². The molecule has 1 N–H and O–H groups in total. The Kier molecular flexibility index (Phi) is 5.39. The van der Waals surface area contributed by atoms with Gasteiger partial charge in [-0.1, -0.05) is 6.92 Å². The SMILES string of the molecule is CCCNCC1CCCN1c1cc(OCC)ncn1. The molecule has 5 nitrogen and oxygen atoms in total. The zero-order valence-electron chi connectivity index (χ0n) is 11.9. The van der Waals surface area contributed by atoms with E-state index in [4.69, 9.17) is 4.74 Å². The summed E-state index contributed by atoms with van der Waals surface area (Å²) in [7, 11) is 0. The van der Waals surface area contributed by atoms with Gasteiger partial charge in [0.25, 0.3) is 0 Å². The Morgan fingerprint density at radius 1 is 1.42 bits per heavy atom. The monoisotopic (exact) mass is 264 g/mol. The van der Waals surface area contributed by atoms with Gasteiger partial charge in [0.15, 0.2) is 0 Å². The Balaban J connectivity index is 2.00. The van der Waals surface area contributed by atoms with Crippen molar-refractivity contribution in [2.75, 3.05) is 31.1 Å². The van der Waals surface area contributed by atoms with Crippen LogP contribution >= 0.6 is 0 Å². The highest BCUT2D eigenvalue weighted by Crippen LogP contribution is 2.25. The molecule has 0 spiro atoms. The first-order valence-electron chi connectivity index (χ1n) is 7.27. The van der Waals surface area contributed by atoms with E-state index in [0.717, 1.165) is 25.5 Å². The van der Waals surface area contributed by atoms with E-state index < -0.39 is 0 Å². The highest BCUT2D eigenvalue weighted by molar-refractivity contribution is 5.43. The number of ether oxygens (including phenoxy) is 1. The van der Waals surface area contributed by atoms with Gasteiger partial charge in [0.2, 0.25) is 5.88 Å². The largest absolute Gasteiger partial charge is 0.478 e. The molecule has 1 aliphatic heterocycles. The number of nitrogens with zero attached hydrogens (tertiary/aromatic N) is 3. The number of anilines is 1. The van der Waals surface area contributed by atoms with Gasteiger partial charge in [0, 0.05) is 25.2 Å². The molecule has 2 rings (SSSR count). The summed E-state index contributed by atoms with van der Waals surface area (Å²) in [4.78, 5) is 10.9. The molecule has 1 aromatic rings. The van der Waals surface area contributed by atoms with Gasteiger partial charge in [-0.05, 0) is 32.7 Å². The molecule has 5 heteroatoms. The first kappa shape index (κ1) is 14.1. The van der Waals surface area contributed by atoms with Crippen LogP contribution in [0.25, 0.3) is 0 Å². The van der Waals surface area contributed by atoms with Crippen LogP contribution in [0.5, 0.6) is 5.88 Å². The fraction of sp³-hybridized carbons (Fsp3) is 0.714. The highest BCUT2D eigenvalue weighted by atomic mass is 16.5. The average Bonchev–Trinajstić information content (AvgIpc) is 2.88. The van der Waals surface area contributed by atoms with E-state index in [1.807, 2.05) is 13.0 Å². The fourth-order valence-electron chi connectivity index (χ4n) is 2.51. The third-order valence-electron chi connectivity index (χ3n) is 3.40. The maximum Gasteiger partial charge on any atom is 0.218 e. The van der Waals surface area contributed by atoms with Crippen LogP contribution in [-0.4, -0.2) is 42.3 Å². The molecule has 1 aliphatic rings. The lowest BCUT2D eigenvalue weighted by Crippen LogP contribution is -2.38. The molecule has 1 fully saturated rings. The second-order valence-corrected chi connectivity index (χ2v) is 4.84. The van der Waals surface area contributed by atoms with Crippen molar-refractivity contribution in [3.8, 4) is 5.88 Å². The summed E-state index contributed by atoms with van der Waals surface area (Å²) in [5, 5.41) is 3.50. The topological polar surface area (TPSA) is 50.3 Å². The predicted octanol–water partition coefficient (Wildman–Crippen LogP) is 1.84. The lowest BCUT2D eigenvalue weighted by atomic mass is 10.2. The molecule has 1 atom stereocenters. The Hall–Kier alpha value is -1.36. The van der Waals surface area contributed by atoms with E-state index in [1.165, 1.54) is 19.3 Å². The van der Waals surface area contributed by atoms with E-state index in [1.54, 1.807) is 6.33 Å². The summed E-state index contributed by atoms with van der Waals surface area (Å²) in [5.74, 6) is 1.65. The molecule has 0 bridgehead atoms. The van der Waals surface area contributed by atoms with Crippen LogP contribution in [0.3, 0.4) is 0 Å². The number of aromatic nitrogens is 2. The Bertz CT molecular complexity index is 385. The average molecular weight is 264 g/mol. The fourth-order valence-corrected chi connectivity index (χ4v) is 2.51. The van der Waals surface area contributed by atoms with Crippen LogP contribution in [0.4, 0.5) is 5.82 Å². The van der Waals surface area contributed by atoms with Gasteiger partial charge in [-0.15, -0.1) is 0 Å². The Morgan fingerprint density at radius 2 is 2.32 bits per heavy atom. The summed E-state index contributed by atoms with van der Waals surface area (Å²) in [6, 6.07) is 2.48. The molecule has 1 aromatic heterocycles. The summed E-state index contributed by atoms with van der Waals surface area (Å²) in [6.45, 7) is 7.98. The third kappa shape index (κ3) is 3.80. The maximum atomic E-state index is 5.45. The van der Waals surface area contributed by atoms with Crippen molar-refractivity contribution in [1.82, 2.24) is 15.3 Å². The lowest BCUT2D eigenvalue weighted by Gasteiger charge is -2.26. The molecule has 106 valence electrons. The first-order valence-corrected chi connectivity index (χ1v) is 7.27. The van der Waals surface area contributed by atoms with Crippen LogP contribution in [0.2, 0.25) is 0 Å². The van der Waals surface area contributed by atoms with Crippen molar-refractivity contribution in [1.29, 1.82) is 0 Å².